The van der Waals surface area contributed by atoms with Crippen LogP contribution in [-0.2, 0) is 9.47 Å². The van der Waals surface area contributed by atoms with Crippen LogP contribution in [0.1, 0.15) is 44.6 Å². The number of amides is 1. The maximum atomic E-state index is 12.5. The van der Waals surface area contributed by atoms with E-state index in [0.29, 0.717) is 29.8 Å². The van der Waals surface area contributed by atoms with Crippen LogP contribution in [0, 0.1) is 11.8 Å². The van der Waals surface area contributed by atoms with Crippen molar-refractivity contribution in [3.05, 3.63) is 17.8 Å². The number of likely N-dealkylation sites (tertiary alicyclic amines) is 1. The van der Waals surface area contributed by atoms with Gasteiger partial charge in [-0.3, -0.25) is 0 Å². The summed E-state index contributed by atoms with van der Waals surface area (Å²) in [5.41, 5.74) is 2.04. The molecule has 4 aliphatic rings. The van der Waals surface area contributed by atoms with Gasteiger partial charge in [-0.1, -0.05) is 13.8 Å². The molecule has 4 fully saturated rings. The Labute approximate surface area is 199 Å². The Hall–Kier alpha value is -2.59. The molecule has 1 aliphatic carbocycles. The molecule has 3 atom stereocenters. The highest BCUT2D eigenvalue weighted by Gasteiger charge is 2.57. The van der Waals surface area contributed by atoms with Crippen LogP contribution in [0.15, 0.2) is 12.3 Å². The van der Waals surface area contributed by atoms with Gasteiger partial charge in [-0.15, -0.1) is 0 Å². The lowest BCUT2D eigenvalue weighted by Crippen LogP contribution is -2.36. The van der Waals surface area contributed by atoms with Gasteiger partial charge in [0.1, 0.15) is 17.7 Å². The summed E-state index contributed by atoms with van der Waals surface area (Å²) in [6.45, 7) is 9.11. The molecule has 10 nitrogen and oxygen atoms in total. The number of aromatic nitrogens is 3. The molecule has 184 valence electrons. The molecule has 3 N–H and O–H groups in total. The Morgan fingerprint density at radius 1 is 1.21 bits per heavy atom. The van der Waals surface area contributed by atoms with Crippen molar-refractivity contribution < 1.29 is 14.3 Å². The molecule has 34 heavy (non-hydrogen) atoms. The smallest absolute Gasteiger partial charge is 0.410 e. The zero-order valence-electron chi connectivity index (χ0n) is 20.0. The van der Waals surface area contributed by atoms with Gasteiger partial charge in [-0.2, -0.15) is 9.61 Å². The van der Waals surface area contributed by atoms with E-state index in [9.17, 15) is 4.79 Å². The van der Waals surface area contributed by atoms with Crippen molar-refractivity contribution in [3.63, 3.8) is 0 Å². The van der Waals surface area contributed by atoms with Crippen molar-refractivity contribution in [3.8, 4) is 0 Å². The first-order valence-corrected chi connectivity index (χ1v) is 12.7. The molecule has 1 amide bonds. The van der Waals surface area contributed by atoms with Gasteiger partial charge in [-0.25, -0.2) is 9.78 Å². The number of piperidine rings is 1. The van der Waals surface area contributed by atoms with E-state index < -0.39 is 0 Å². The summed E-state index contributed by atoms with van der Waals surface area (Å²) in [4.78, 5) is 19.3. The predicted octanol–water partition coefficient (Wildman–Crippen LogP) is 2.28. The first-order chi connectivity index (χ1) is 16.6. The maximum absolute atomic E-state index is 12.5. The minimum Gasteiger partial charge on any atom is -0.445 e. The van der Waals surface area contributed by atoms with Crippen LogP contribution in [0.5, 0.6) is 0 Å². The second-order valence-electron chi connectivity index (χ2n) is 10.4. The molecule has 3 saturated heterocycles. The van der Waals surface area contributed by atoms with Crippen molar-refractivity contribution in [2.24, 2.45) is 11.8 Å². The Bertz CT molecular complexity index is 1030. The lowest BCUT2D eigenvalue weighted by atomic mass is 10.1. The second-order valence-corrected chi connectivity index (χ2v) is 10.4. The van der Waals surface area contributed by atoms with Gasteiger partial charge in [0.2, 0.25) is 0 Å². The molecule has 3 aliphatic heterocycles. The second kappa shape index (κ2) is 8.88. The van der Waals surface area contributed by atoms with Crippen LogP contribution in [0.25, 0.3) is 5.65 Å². The van der Waals surface area contributed by atoms with E-state index in [4.69, 9.17) is 14.5 Å². The Morgan fingerprint density at radius 2 is 2.00 bits per heavy atom. The van der Waals surface area contributed by atoms with E-state index in [1.807, 2.05) is 15.6 Å². The normalized spacial score (nSPS) is 29.0. The third-order valence-corrected chi connectivity index (χ3v) is 7.74. The molecule has 3 unspecified atom stereocenters. The number of hydrogen-bond donors (Lipinski definition) is 3. The first-order valence-electron chi connectivity index (χ1n) is 12.7. The van der Waals surface area contributed by atoms with E-state index in [-0.39, 0.29) is 12.2 Å². The summed E-state index contributed by atoms with van der Waals surface area (Å²) in [5, 5.41) is 15.3. The lowest BCUT2D eigenvalue weighted by Gasteiger charge is -2.24. The van der Waals surface area contributed by atoms with Crippen LogP contribution in [0.3, 0.4) is 0 Å². The van der Waals surface area contributed by atoms with Crippen LogP contribution in [-0.4, -0.2) is 83.2 Å². The molecule has 2 aromatic heterocycles. The van der Waals surface area contributed by atoms with Crippen molar-refractivity contribution in [2.75, 3.05) is 50.0 Å². The Balaban J connectivity index is 1.15. The van der Waals surface area contributed by atoms with Crippen molar-refractivity contribution in [2.45, 2.75) is 57.2 Å². The standard InChI is InChI=1S/C24H35N7O3/c1-14(2)17-11-26-31-21(9-20(28-23(17)31)27-15-4-7-33-8-5-15)29-22-18-12-30(13-19(18)22)24(32)34-16-3-6-25-10-16/h9,11,14-16,18-19,22,25,29H,3-8,10,12-13H2,1-2H3,(H,27,28). The monoisotopic (exact) mass is 469 g/mol. The van der Waals surface area contributed by atoms with E-state index in [1.54, 1.807) is 0 Å². The van der Waals surface area contributed by atoms with Crippen LogP contribution >= 0.6 is 0 Å². The van der Waals surface area contributed by atoms with E-state index in [0.717, 1.165) is 81.5 Å². The molecule has 5 heterocycles. The number of hydrogen-bond acceptors (Lipinski definition) is 8. The summed E-state index contributed by atoms with van der Waals surface area (Å²) >= 11 is 0. The zero-order chi connectivity index (χ0) is 23.2. The number of carbonyl (C=O) groups is 1. The molecule has 0 bridgehead atoms. The minimum absolute atomic E-state index is 0.0140. The number of nitrogens with one attached hydrogen (secondary N) is 3. The lowest BCUT2D eigenvalue weighted by molar-refractivity contribution is 0.0735. The average Bonchev–Trinajstić information content (AvgIpc) is 3.34. The van der Waals surface area contributed by atoms with Gasteiger partial charge < -0.3 is 30.3 Å². The number of ether oxygens (including phenoxy) is 2. The maximum Gasteiger partial charge on any atom is 0.410 e. The summed E-state index contributed by atoms with van der Waals surface area (Å²) in [6.07, 6.45) is 4.66. The van der Waals surface area contributed by atoms with Gasteiger partial charge in [0.15, 0.2) is 5.65 Å². The highest BCUT2D eigenvalue weighted by Crippen LogP contribution is 2.47. The van der Waals surface area contributed by atoms with Crippen LogP contribution in [0.4, 0.5) is 16.4 Å². The molecule has 0 radical (unpaired) electrons. The van der Waals surface area contributed by atoms with Gasteiger partial charge in [0.25, 0.3) is 0 Å². The largest absolute Gasteiger partial charge is 0.445 e. The average molecular weight is 470 g/mol. The summed E-state index contributed by atoms with van der Waals surface area (Å²) in [6, 6.07) is 2.79. The number of nitrogens with zero attached hydrogens (tertiary/aromatic N) is 4. The quantitative estimate of drug-likeness (QED) is 0.592. The molecule has 1 saturated carbocycles. The topological polar surface area (TPSA) is 105 Å². The van der Waals surface area contributed by atoms with Gasteiger partial charge in [0.05, 0.1) is 6.20 Å². The van der Waals surface area contributed by atoms with Gasteiger partial charge in [0, 0.05) is 68.4 Å². The summed E-state index contributed by atoms with van der Waals surface area (Å²) in [7, 11) is 0. The van der Waals surface area contributed by atoms with Crippen molar-refractivity contribution >= 4 is 23.4 Å². The number of anilines is 2. The number of fused-ring (bicyclic) bond motifs is 2. The van der Waals surface area contributed by atoms with E-state index >= 15 is 0 Å². The van der Waals surface area contributed by atoms with Gasteiger partial charge in [-0.05, 0) is 31.7 Å². The third-order valence-electron chi connectivity index (χ3n) is 7.74. The molecule has 6 rings (SSSR count). The molecule has 2 aromatic rings. The molecule has 10 heteroatoms. The number of rotatable bonds is 6. The minimum atomic E-state index is -0.164. The number of carbonyl (C=O) groups excluding carboxylic acids is 1. The fraction of sp³-hybridized carbons (Fsp3) is 0.708. The van der Waals surface area contributed by atoms with Crippen LogP contribution in [0.2, 0.25) is 0 Å². The summed E-state index contributed by atoms with van der Waals surface area (Å²) < 4.78 is 13.1. The van der Waals surface area contributed by atoms with E-state index in [2.05, 4.69) is 41.0 Å². The Morgan fingerprint density at radius 3 is 2.71 bits per heavy atom. The first kappa shape index (κ1) is 21.9. The van der Waals surface area contributed by atoms with Crippen molar-refractivity contribution in [1.82, 2.24) is 24.8 Å². The predicted molar refractivity (Wildman–Crippen MR) is 128 cm³/mol. The third kappa shape index (κ3) is 4.17. The Kier molecular flexibility index (Phi) is 5.73. The molecule has 0 spiro atoms. The van der Waals surface area contributed by atoms with E-state index in [1.165, 1.54) is 0 Å². The van der Waals surface area contributed by atoms with Gasteiger partial charge >= 0.3 is 6.09 Å². The fourth-order valence-electron chi connectivity index (χ4n) is 5.62. The molecular weight excluding hydrogens is 434 g/mol. The fourth-order valence-corrected chi connectivity index (χ4v) is 5.62. The molecule has 0 aromatic carbocycles. The van der Waals surface area contributed by atoms with Crippen LogP contribution < -0.4 is 16.0 Å². The highest BCUT2D eigenvalue weighted by molar-refractivity contribution is 5.69. The summed E-state index contributed by atoms with van der Waals surface area (Å²) in [5.74, 6) is 3.07. The van der Waals surface area contributed by atoms with Crippen molar-refractivity contribution in [1.29, 1.82) is 0 Å². The molecular formula is C24H35N7O3. The zero-order valence-corrected chi connectivity index (χ0v) is 20.0. The highest BCUT2D eigenvalue weighted by atomic mass is 16.6. The SMILES string of the molecule is CC(C)c1cnn2c(NC3C4CN(C(=O)OC5CCNC5)CC43)cc(NC3CCOCC3)nc12.